The summed E-state index contributed by atoms with van der Waals surface area (Å²) in [6.45, 7) is 0. The molecule has 238 valence electrons. The van der Waals surface area contributed by atoms with Gasteiger partial charge in [0.05, 0.1) is 0 Å². The van der Waals surface area contributed by atoms with Gasteiger partial charge in [0, 0.05) is 36.9 Å². The Morgan fingerprint density at radius 2 is 0.863 bits per heavy atom. The van der Waals surface area contributed by atoms with E-state index >= 15 is 0 Å². The average Bonchev–Trinajstić information content (AvgIpc) is 3.58. The van der Waals surface area contributed by atoms with E-state index in [2.05, 4.69) is 152 Å². The van der Waals surface area contributed by atoms with Gasteiger partial charge in [-0.2, -0.15) is 0 Å². The standard InChI is InChI=1S/C47H29N3S/c1-3-11-30(12-4-1)39-25-23-31-13-7-8-16-38(31)44(39)47-49-45(32-14-5-2-6-15-32)48-46(50-47)37-22-21-33-27-34(19-20-35(33)28-37)36-24-26-43-41(29-36)40-17-9-10-18-42(40)51-43/h1-29H. The second-order valence-electron chi connectivity index (χ2n) is 12.8. The fraction of sp³-hybridized carbons (Fsp3) is 0. The third kappa shape index (κ3) is 5.25. The molecule has 3 nitrogen and oxygen atoms in total. The molecule has 0 saturated heterocycles. The minimum Gasteiger partial charge on any atom is -0.208 e. The van der Waals surface area contributed by atoms with Crippen molar-refractivity contribution in [3.63, 3.8) is 0 Å². The Kier molecular flexibility index (Phi) is 7.00. The molecule has 0 saturated carbocycles. The Morgan fingerprint density at radius 3 is 1.67 bits per heavy atom. The first-order valence-corrected chi connectivity index (χ1v) is 17.9. The van der Waals surface area contributed by atoms with Crippen molar-refractivity contribution in [3.8, 4) is 56.4 Å². The van der Waals surface area contributed by atoms with Crippen molar-refractivity contribution in [3.05, 3.63) is 176 Å². The molecule has 2 heterocycles. The van der Waals surface area contributed by atoms with E-state index in [1.165, 1.54) is 36.7 Å². The number of fused-ring (bicyclic) bond motifs is 5. The maximum atomic E-state index is 5.24. The number of hydrogen-bond acceptors (Lipinski definition) is 4. The van der Waals surface area contributed by atoms with Gasteiger partial charge < -0.3 is 0 Å². The summed E-state index contributed by atoms with van der Waals surface area (Å²) in [5, 5.41) is 7.18. The van der Waals surface area contributed by atoms with Crippen LogP contribution in [0.2, 0.25) is 0 Å². The molecule has 10 rings (SSSR count). The Bertz CT molecular complexity index is 2910. The Balaban J connectivity index is 1.12. The highest BCUT2D eigenvalue weighted by atomic mass is 32.1. The molecule has 10 aromatic rings. The smallest absolute Gasteiger partial charge is 0.165 e. The zero-order valence-electron chi connectivity index (χ0n) is 27.5. The number of nitrogens with zero attached hydrogens (tertiary/aromatic N) is 3. The maximum absolute atomic E-state index is 5.24. The normalized spacial score (nSPS) is 11.5. The van der Waals surface area contributed by atoms with Crippen molar-refractivity contribution < 1.29 is 0 Å². The summed E-state index contributed by atoms with van der Waals surface area (Å²) in [4.78, 5) is 15.5. The summed E-state index contributed by atoms with van der Waals surface area (Å²) in [5.74, 6) is 1.95. The van der Waals surface area contributed by atoms with E-state index in [0.29, 0.717) is 17.5 Å². The maximum Gasteiger partial charge on any atom is 0.165 e. The van der Waals surface area contributed by atoms with Crippen LogP contribution in [-0.2, 0) is 0 Å². The lowest BCUT2D eigenvalue weighted by atomic mass is 9.93. The third-order valence-corrected chi connectivity index (χ3v) is 10.9. The summed E-state index contributed by atoms with van der Waals surface area (Å²) < 4.78 is 2.64. The van der Waals surface area contributed by atoms with Gasteiger partial charge in [-0.15, -0.1) is 11.3 Å². The zero-order chi connectivity index (χ0) is 33.7. The number of benzene rings is 8. The molecule has 0 bridgehead atoms. The fourth-order valence-electron chi connectivity index (χ4n) is 7.17. The molecule has 0 aliphatic rings. The number of thiophene rings is 1. The van der Waals surface area contributed by atoms with Gasteiger partial charge in [0.1, 0.15) is 0 Å². The molecule has 0 N–H and O–H groups in total. The van der Waals surface area contributed by atoms with E-state index in [4.69, 9.17) is 15.0 Å². The number of hydrogen-bond donors (Lipinski definition) is 0. The van der Waals surface area contributed by atoms with Crippen molar-refractivity contribution in [2.24, 2.45) is 0 Å². The van der Waals surface area contributed by atoms with Crippen LogP contribution in [-0.4, -0.2) is 15.0 Å². The Hall–Kier alpha value is -6.49. The number of aromatic nitrogens is 3. The van der Waals surface area contributed by atoms with E-state index in [1.54, 1.807) is 0 Å². The van der Waals surface area contributed by atoms with Gasteiger partial charge in [0.25, 0.3) is 0 Å². The lowest BCUT2D eigenvalue weighted by molar-refractivity contribution is 1.08. The predicted molar refractivity (Wildman–Crippen MR) is 215 cm³/mol. The van der Waals surface area contributed by atoms with E-state index in [9.17, 15) is 0 Å². The molecule has 8 aromatic carbocycles. The molecular formula is C47H29N3S. The van der Waals surface area contributed by atoms with Crippen molar-refractivity contribution in [2.45, 2.75) is 0 Å². The van der Waals surface area contributed by atoms with E-state index in [1.807, 2.05) is 35.6 Å². The molecule has 2 aromatic heterocycles. The molecule has 0 fully saturated rings. The lowest BCUT2D eigenvalue weighted by Crippen LogP contribution is -2.01. The van der Waals surface area contributed by atoms with Crippen LogP contribution in [0, 0.1) is 0 Å². The average molecular weight is 668 g/mol. The van der Waals surface area contributed by atoms with Crippen LogP contribution in [0.15, 0.2) is 176 Å². The Labute approximate surface area is 299 Å². The summed E-state index contributed by atoms with van der Waals surface area (Å²) in [5.41, 5.74) is 7.52. The minimum atomic E-state index is 0.645. The molecule has 0 spiro atoms. The van der Waals surface area contributed by atoms with Crippen molar-refractivity contribution in [1.82, 2.24) is 15.0 Å². The highest BCUT2D eigenvalue weighted by Gasteiger charge is 2.19. The molecule has 0 atom stereocenters. The molecular weight excluding hydrogens is 639 g/mol. The first-order valence-electron chi connectivity index (χ1n) is 17.1. The fourth-order valence-corrected chi connectivity index (χ4v) is 8.26. The highest BCUT2D eigenvalue weighted by molar-refractivity contribution is 7.25. The van der Waals surface area contributed by atoms with Crippen LogP contribution in [0.25, 0.3) is 98.1 Å². The summed E-state index contributed by atoms with van der Waals surface area (Å²) in [6, 6.07) is 62.2. The van der Waals surface area contributed by atoms with E-state index in [0.717, 1.165) is 44.0 Å². The second kappa shape index (κ2) is 12.1. The van der Waals surface area contributed by atoms with Gasteiger partial charge in [0.2, 0.25) is 0 Å². The molecule has 4 heteroatoms. The summed E-state index contributed by atoms with van der Waals surface area (Å²) in [6.07, 6.45) is 0. The van der Waals surface area contributed by atoms with Crippen molar-refractivity contribution in [2.75, 3.05) is 0 Å². The molecule has 0 aliphatic heterocycles. The highest BCUT2D eigenvalue weighted by Crippen LogP contribution is 2.39. The van der Waals surface area contributed by atoms with Gasteiger partial charge in [-0.1, -0.05) is 146 Å². The second-order valence-corrected chi connectivity index (χ2v) is 13.9. The van der Waals surface area contributed by atoms with Gasteiger partial charge >= 0.3 is 0 Å². The van der Waals surface area contributed by atoms with Crippen LogP contribution >= 0.6 is 11.3 Å². The van der Waals surface area contributed by atoms with Gasteiger partial charge in [-0.05, 0) is 74.1 Å². The summed E-state index contributed by atoms with van der Waals surface area (Å²) in [7, 11) is 0. The molecule has 0 unspecified atom stereocenters. The Morgan fingerprint density at radius 1 is 0.314 bits per heavy atom. The van der Waals surface area contributed by atoms with Crippen LogP contribution in [0.4, 0.5) is 0 Å². The van der Waals surface area contributed by atoms with Crippen molar-refractivity contribution in [1.29, 1.82) is 0 Å². The molecule has 0 amide bonds. The SMILES string of the molecule is c1ccc(-c2nc(-c3ccc4cc(-c5ccc6sc7ccccc7c6c5)ccc4c3)nc(-c3c(-c4ccccc4)ccc4ccccc34)n2)cc1. The van der Waals surface area contributed by atoms with Gasteiger partial charge in [-0.3, -0.25) is 0 Å². The lowest BCUT2D eigenvalue weighted by Gasteiger charge is -2.15. The van der Waals surface area contributed by atoms with Crippen LogP contribution in [0.1, 0.15) is 0 Å². The largest absolute Gasteiger partial charge is 0.208 e. The monoisotopic (exact) mass is 667 g/mol. The third-order valence-electron chi connectivity index (χ3n) is 9.71. The molecule has 51 heavy (non-hydrogen) atoms. The quantitative estimate of drug-likeness (QED) is 0.183. The van der Waals surface area contributed by atoms with Crippen LogP contribution < -0.4 is 0 Å². The first-order chi connectivity index (χ1) is 25.2. The zero-order valence-corrected chi connectivity index (χ0v) is 28.3. The molecule has 0 aliphatic carbocycles. The summed E-state index contributed by atoms with van der Waals surface area (Å²) >= 11 is 1.85. The van der Waals surface area contributed by atoms with E-state index < -0.39 is 0 Å². The van der Waals surface area contributed by atoms with Gasteiger partial charge in [-0.25, -0.2) is 15.0 Å². The molecule has 0 radical (unpaired) electrons. The van der Waals surface area contributed by atoms with Gasteiger partial charge in [0.15, 0.2) is 17.5 Å². The van der Waals surface area contributed by atoms with Crippen molar-refractivity contribution >= 4 is 53.1 Å². The van der Waals surface area contributed by atoms with Crippen LogP contribution in [0.3, 0.4) is 0 Å². The predicted octanol–water partition coefficient (Wildman–Crippen LogP) is 12.9. The van der Waals surface area contributed by atoms with E-state index in [-0.39, 0.29) is 0 Å². The first kappa shape index (κ1) is 29.4. The van der Waals surface area contributed by atoms with Crippen LogP contribution in [0.5, 0.6) is 0 Å². The topological polar surface area (TPSA) is 38.7 Å². The minimum absolute atomic E-state index is 0.645. The number of rotatable bonds is 5.